The molecule has 1 unspecified atom stereocenters. The van der Waals surface area contributed by atoms with Crippen LogP contribution >= 0.6 is 23.5 Å². The second-order valence-corrected chi connectivity index (χ2v) is 7.75. The van der Waals surface area contributed by atoms with E-state index in [1.54, 1.807) is 18.7 Å². The van der Waals surface area contributed by atoms with Crippen LogP contribution in [0.5, 0.6) is 0 Å². The van der Waals surface area contributed by atoms with Gasteiger partial charge in [0, 0.05) is 23.7 Å². The van der Waals surface area contributed by atoms with Gasteiger partial charge in [-0.15, -0.1) is 0 Å². The molecule has 17 heavy (non-hydrogen) atoms. The zero-order valence-electron chi connectivity index (χ0n) is 10.8. The molecule has 1 rings (SSSR count). The Bertz CT molecular complexity index is 297. The molecule has 1 heterocycles. The van der Waals surface area contributed by atoms with E-state index in [9.17, 15) is 9.59 Å². The lowest BCUT2D eigenvalue weighted by Gasteiger charge is -2.21. The summed E-state index contributed by atoms with van der Waals surface area (Å²) < 4.78 is 5.37. The van der Waals surface area contributed by atoms with E-state index in [2.05, 4.69) is 0 Å². The van der Waals surface area contributed by atoms with Gasteiger partial charge in [0.2, 0.25) is 0 Å². The molecule has 0 N–H and O–H groups in total. The number of rotatable bonds is 3. The molecule has 1 aliphatic heterocycles. The number of thioether (sulfide) groups is 2. The van der Waals surface area contributed by atoms with Gasteiger partial charge in [-0.25, -0.2) is 0 Å². The maximum atomic E-state index is 11.8. The van der Waals surface area contributed by atoms with Gasteiger partial charge in [-0.1, -0.05) is 11.8 Å². The first-order valence-electron chi connectivity index (χ1n) is 5.76. The van der Waals surface area contributed by atoms with Crippen LogP contribution in [0, 0.1) is 5.92 Å². The maximum absolute atomic E-state index is 11.8. The number of ether oxygens (including phenoxy) is 1. The monoisotopic (exact) mass is 276 g/mol. The van der Waals surface area contributed by atoms with E-state index < -0.39 is 5.60 Å². The first-order valence-corrected chi connectivity index (χ1v) is 7.79. The van der Waals surface area contributed by atoms with Gasteiger partial charge < -0.3 is 4.74 Å². The van der Waals surface area contributed by atoms with Crippen molar-refractivity contribution in [1.29, 1.82) is 0 Å². The number of esters is 1. The molecule has 0 aromatic rings. The van der Waals surface area contributed by atoms with Crippen molar-refractivity contribution < 1.29 is 14.3 Å². The molecule has 0 saturated carbocycles. The van der Waals surface area contributed by atoms with Crippen LogP contribution in [-0.2, 0) is 14.3 Å². The van der Waals surface area contributed by atoms with Crippen LogP contribution in [0.2, 0.25) is 0 Å². The predicted octanol–water partition coefficient (Wildman–Crippen LogP) is 2.73. The molecule has 5 heteroatoms. The molecular formula is C12H20O3S2. The number of hydrogen-bond acceptors (Lipinski definition) is 5. The third-order valence-corrected chi connectivity index (χ3v) is 4.91. The third-order valence-electron chi connectivity index (χ3n) is 2.29. The Labute approximate surface area is 111 Å². The summed E-state index contributed by atoms with van der Waals surface area (Å²) in [6.45, 7) is 7.23. The highest BCUT2D eigenvalue weighted by atomic mass is 32.2. The first-order chi connectivity index (χ1) is 7.78. The Kier molecular flexibility index (Phi) is 5.38. The zero-order chi connectivity index (χ0) is 13.1. The SMILES string of the molecule is CC(=O)SC[C@H]1CC(C(=O)OC(C)(C)C)CS1. The highest BCUT2D eigenvalue weighted by Gasteiger charge is 2.33. The molecular weight excluding hydrogens is 256 g/mol. The van der Waals surface area contributed by atoms with Crippen LogP contribution in [-0.4, -0.2) is 33.4 Å². The summed E-state index contributed by atoms with van der Waals surface area (Å²) in [6, 6.07) is 0. The molecule has 0 radical (unpaired) electrons. The van der Waals surface area contributed by atoms with Gasteiger partial charge in [0.1, 0.15) is 5.60 Å². The highest BCUT2D eigenvalue weighted by Crippen LogP contribution is 2.34. The fraction of sp³-hybridized carbons (Fsp3) is 0.833. The number of carbonyl (C=O) groups is 2. The average molecular weight is 276 g/mol. The largest absolute Gasteiger partial charge is 0.460 e. The van der Waals surface area contributed by atoms with Gasteiger partial charge in [-0.3, -0.25) is 9.59 Å². The molecule has 0 bridgehead atoms. The highest BCUT2D eigenvalue weighted by molar-refractivity contribution is 8.14. The van der Waals surface area contributed by atoms with Gasteiger partial charge in [-0.05, 0) is 27.2 Å². The van der Waals surface area contributed by atoms with E-state index in [1.807, 2.05) is 20.8 Å². The van der Waals surface area contributed by atoms with Crippen molar-refractivity contribution >= 4 is 34.6 Å². The van der Waals surface area contributed by atoms with Crippen LogP contribution < -0.4 is 0 Å². The lowest BCUT2D eigenvalue weighted by atomic mass is 10.1. The topological polar surface area (TPSA) is 43.4 Å². The predicted molar refractivity (Wildman–Crippen MR) is 73.3 cm³/mol. The fourth-order valence-electron chi connectivity index (χ4n) is 1.58. The summed E-state index contributed by atoms with van der Waals surface area (Å²) in [6.07, 6.45) is 0.833. The summed E-state index contributed by atoms with van der Waals surface area (Å²) in [7, 11) is 0. The van der Waals surface area contributed by atoms with Gasteiger partial charge in [0.05, 0.1) is 5.92 Å². The van der Waals surface area contributed by atoms with Crippen molar-refractivity contribution in [2.45, 2.75) is 45.0 Å². The van der Waals surface area contributed by atoms with Crippen molar-refractivity contribution in [1.82, 2.24) is 0 Å². The van der Waals surface area contributed by atoms with Gasteiger partial charge >= 0.3 is 5.97 Å². The van der Waals surface area contributed by atoms with E-state index in [-0.39, 0.29) is 17.0 Å². The quantitative estimate of drug-likeness (QED) is 0.742. The summed E-state index contributed by atoms with van der Waals surface area (Å²) in [5, 5.41) is 0.549. The summed E-state index contributed by atoms with van der Waals surface area (Å²) in [5.74, 6) is 1.52. The van der Waals surface area contributed by atoms with E-state index in [0.29, 0.717) is 5.25 Å². The van der Waals surface area contributed by atoms with Gasteiger partial charge in [0.15, 0.2) is 5.12 Å². The van der Waals surface area contributed by atoms with E-state index in [4.69, 9.17) is 4.74 Å². The Morgan fingerprint density at radius 2 is 2.06 bits per heavy atom. The lowest BCUT2D eigenvalue weighted by molar-refractivity contribution is -0.159. The minimum Gasteiger partial charge on any atom is -0.460 e. The third kappa shape index (κ3) is 5.82. The molecule has 1 aliphatic rings. The van der Waals surface area contributed by atoms with Crippen LogP contribution in [0.1, 0.15) is 34.1 Å². The first kappa shape index (κ1) is 14.9. The Morgan fingerprint density at radius 1 is 1.41 bits per heavy atom. The molecule has 0 aromatic heterocycles. The van der Waals surface area contributed by atoms with Crippen molar-refractivity contribution in [2.24, 2.45) is 5.92 Å². The van der Waals surface area contributed by atoms with Crippen molar-refractivity contribution in [3.8, 4) is 0 Å². The minimum absolute atomic E-state index is 0.00298. The lowest BCUT2D eigenvalue weighted by Crippen LogP contribution is -2.29. The van der Waals surface area contributed by atoms with Crippen molar-refractivity contribution in [3.63, 3.8) is 0 Å². The normalized spacial score (nSPS) is 24.7. The summed E-state index contributed by atoms with van der Waals surface area (Å²) in [4.78, 5) is 22.7. The Hall–Kier alpha value is -0.160. The average Bonchev–Trinajstić information content (AvgIpc) is 2.60. The molecule has 3 nitrogen and oxygen atoms in total. The number of hydrogen-bond donors (Lipinski definition) is 0. The van der Waals surface area contributed by atoms with Crippen molar-refractivity contribution in [3.05, 3.63) is 0 Å². The molecule has 2 atom stereocenters. The smallest absolute Gasteiger partial charge is 0.310 e. The zero-order valence-corrected chi connectivity index (χ0v) is 12.5. The van der Waals surface area contributed by atoms with Crippen LogP contribution in [0.15, 0.2) is 0 Å². The molecule has 0 aromatic carbocycles. The standard InChI is InChI=1S/C12H20O3S2/c1-8(13)16-7-10-5-9(6-17-10)11(14)15-12(2,3)4/h9-10H,5-7H2,1-4H3/t9?,10-/m1/s1. The van der Waals surface area contributed by atoms with Crippen LogP contribution in [0.4, 0.5) is 0 Å². The molecule has 1 fully saturated rings. The Balaban J connectivity index is 2.34. The summed E-state index contributed by atoms with van der Waals surface area (Å²) >= 11 is 3.12. The number of carbonyl (C=O) groups excluding carboxylic acids is 2. The second-order valence-electron chi connectivity index (χ2n) is 5.22. The molecule has 0 spiro atoms. The van der Waals surface area contributed by atoms with E-state index in [0.717, 1.165) is 17.9 Å². The van der Waals surface area contributed by atoms with E-state index in [1.165, 1.54) is 11.8 Å². The molecule has 0 amide bonds. The van der Waals surface area contributed by atoms with Crippen molar-refractivity contribution in [2.75, 3.05) is 11.5 Å². The fourth-order valence-corrected chi connectivity index (χ4v) is 3.87. The van der Waals surface area contributed by atoms with Gasteiger partial charge in [0.25, 0.3) is 0 Å². The summed E-state index contributed by atoms with van der Waals surface area (Å²) in [5.41, 5.74) is -0.409. The van der Waals surface area contributed by atoms with E-state index >= 15 is 0 Å². The Morgan fingerprint density at radius 3 is 2.59 bits per heavy atom. The minimum atomic E-state index is -0.409. The van der Waals surface area contributed by atoms with Crippen LogP contribution in [0.3, 0.4) is 0 Å². The molecule has 98 valence electrons. The maximum Gasteiger partial charge on any atom is 0.310 e. The molecule has 1 saturated heterocycles. The van der Waals surface area contributed by atoms with Gasteiger partial charge in [-0.2, -0.15) is 11.8 Å². The second kappa shape index (κ2) is 6.14. The molecule has 0 aliphatic carbocycles. The van der Waals surface area contributed by atoms with Crippen LogP contribution in [0.25, 0.3) is 0 Å².